The third-order valence-corrected chi connectivity index (χ3v) is 8.08. The van der Waals surface area contributed by atoms with E-state index in [9.17, 15) is 4.79 Å². The molecule has 0 amide bonds. The predicted octanol–water partition coefficient (Wildman–Crippen LogP) is 6.06. The monoisotopic (exact) mass is 408 g/mol. The quantitative estimate of drug-likeness (QED) is 0.321. The number of allylic oxidation sites excluding steroid dienone is 3. The van der Waals surface area contributed by atoms with Crippen LogP contribution in [0, 0.1) is 28.1 Å². The molecule has 0 spiro atoms. The fourth-order valence-electron chi connectivity index (χ4n) is 6.20. The Labute approximate surface area is 161 Å². The molecule has 0 saturated heterocycles. The summed E-state index contributed by atoms with van der Waals surface area (Å²) in [6.45, 7) is 11.9. The van der Waals surface area contributed by atoms with E-state index in [1.54, 1.807) is 5.57 Å². The molecule has 0 unspecified atom stereocenters. The molecule has 0 heterocycles. The van der Waals surface area contributed by atoms with Gasteiger partial charge in [-0.2, -0.15) is 0 Å². The number of carbonyl (C=O) groups excluding carboxylic acids is 1. The summed E-state index contributed by atoms with van der Waals surface area (Å²) in [4.78, 5) is 11.7. The van der Waals surface area contributed by atoms with Gasteiger partial charge in [0.05, 0.1) is 6.61 Å². The molecule has 0 aromatic heterocycles. The number of halogens is 1. The summed E-state index contributed by atoms with van der Waals surface area (Å²) in [7, 11) is 0. The molecule has 3 rings (SSSR count). The second kappa shape index (κ2) is 6.87. The first-order chi connectivity index (χ1) is 11.8. The highest BCUT2D eigenvalue weighted by Crippen LogP contribution is 2.63. The lowest BCUT2D eigenvalue weighted by Crippen LogP contribution is -2.51. The van der Waals surface area contributed by atoms with Crippen molar-refractivity contribution in [1.82, 2.24) is 0 Å². The number of rotatable bonds is 4. The zero-order valence-corrected chi connectivity index (χ0v) is 17.7. The Morgan fingerprint density at radius 2 is 2.12 bits per heavy atom. The maximum Gasteiger partial charge on any atom is 0.316 e. The van der Waals surface area contributed by atoms with E-state index in [1.807, 2.05) is 0 Å². The summed E-state index contributed by atoms with van der Waals surface area (Å²) < 4.78 is 5.60. The van der Waals surface area contributed by atoms with E-state index < -0.39 is 0 Å². The van der Waals surface area contributed by atoms with E-state index in [0.29, 0.717) is 23.8 Å². The van der Waals surface area contributed by atoms with E-state index in [2.05, 4.69) is 55.4 Å². The van der Waals surface area contributed by atoms with Gasteiger partial charge >= 0.3 is 5.97 Å². The van der Waals surface area contributed by atoms with Crippen molar-refractivity contribution in [3.63, 3.8) is 0 Å². The van der Waals surface area contributed by atoms with Crippen molar-refractivity contribution in [2.45, 2.75) is 65.7 Å². The van der Waals surface area contributed by atoms with Crippen molar-refractivity contribution in [3.05, 3.63) is 24.3 Å². The highest BCUT2D eigenvalue weighted by Gasteiger charge is 2.55. The summed E-state index contributed by atoms with van der Waals surface area (Å²) in [6, 6.07) is 0. The molecule has 3 aliphatic rings. The molecule has 0 aliphatic heterocycles. The predicted molar refractivity (Wildman–Crippen MR) is 107 cm³/mol. The number of hydrogen-bond acceptors (Lipinski definition) is 2. The van der Waals surface area contributed by atoms with Gasteiger partial charge in [-0.05, 0) is 61.2 Å². The number of hydrogen-bond donors (Lipinski definition) is 0. The van der Waals surface area contributed by atoms with Gasteiger partial charge in [0.1, 0.15) is 5.33 Å². The van der Waals surface area contributed by atoms with Crippen LogP contribution in [-0.4, -0.2) is 17.9 Å². The van der Waals surface area contributed by atoms with E-state index in [0.717, 1.165) is 6.42 Å². The van der Waals surface area contributed by atoms with Gasteiger partial charge in [-0.1, -0.05) is 60.8 Å². The lowest BCUT2D eigenvalue weighted by atomic mass is 9.46. The number of carbonyl (C=O) groups is 1. The second-order valence-corrected chi connectivity index (χ2v) is 10.0. The first-order valence-electron chi connectivity index (χ1n) is 9.82. The standard InChI is InChI=1S/C22H33BrO2/c1-5-20(2)12-9-17-16(13-20)7-8-18-21(3,15-25-19(24)14-23)10-6-11-22(17,18)4/h5,9,16,18H,1,6-8,10-15H2,2-4H3/t16-,18+,20-,21-,22-/m0/s1. The summed E-state index contributed by atoms with van der Waals surface area (Å²) in [5.41, 5.74) is 2.36. The van der Waals surface area contributed by atoms with Crippen LogP contribution in [0.15, 0.2) is 24.3 Å². The van der Waals surface area contributed by atoms with Gasteiger partial charge in [0, 0.05) is 5.41 Å². The Bertz CT molecular complexity index is 583. The molecule has 25 heavy (non-hydrogen) atoms. The van der Waals surface area contributed by atoms with Gasteiger partial charge in [0.2, 0.25) is 0 Å². The van der Waals surface area contributed by atoms with Crippen molar-refractivity contribution in [3.8, 4) is 0 Å². The van der Waals surface area contributed by atoms with Crippen LogP contribution in [0.1, 0.15) is 65.7 Å². The van der Waals surface area contributed by atoms with Crippen LogP contribution in [0.3, 0.4) is 0 Å². The maximum absolute atomic E-state index is 11.7. The summed E-state index contributed by atoms with van der Waals surface area (Å²) >= 11 is 3.21. The second-order valence-electron chi connectivity index (χ2n) is 9.47. The average molecular weight is 409 g/mol. The van der Waals surface area contributed by atoms with Crippen LogP contribution in [0.25, 0.3) is 0 Å². The van der Waals surface area contributed by atoms with Gasteiger partial charge in [-0.25, -0.2) is 0 Å². The molecule has 3 aliphatic carbocycles. The van der Waals surface area contributed by atoms with Gasteiger partial charge in [0.15, 0.2) is 0 Å². The molecule has 2 fully saturated rings. The van der Waals surface area contributed by atoms with Crippen molar-refractivity contribution < 1.29 is 9.53 Å². The minimum Gasteiger partial charge on any atom is -0.464 e. The van der Waals surface area contributed by atoms with Gasteiger partial charge in [-0.3, -0.25) is 4.79 Å². The molecule has 2 nitrogen and oxygen atoms in total. The van der Waals surface area contributed by atoms with Crippen LogP contribution in [0.2, 0.25) is 0 Å². The van der Waals surface area contributed by atoms with Crippen molar-refractivity contribution in [2.75, 3.05) is 11.9 Å². The molecule has 0 aromatic rings. The zero-order chi connectivity index (χ0) is 18.3. The SMILES string of the molecule is C=C[C@@]1(C)CC=C2[C@@H](CC[C@@H]3[C@](C)(COC(=O)CBr)CCC[C@@]23C)C1. The highest BCUT2D eigenvalue weighted by molar-refractivity contribution is 9.09. The normalized spacial score (nSPS) is 43.4. The molecule has 0 aromatic carbocycles. The van der Waals surface area contributed by atoms with E-state index >= 15 is 0 Å². The summed E-state index contributed by atoms with van der Waals surface area (Å²) in [6.07, 6.45) is 13.3. The number of fused-ring (bicyclic) bond motifs is 3. The molecular formula is C22H33BrO2. The van der Waals surface area contributed by atoms with Crippen LogP contribution < -0.4 is 0 Å². The first kappa shape index (κ1) is 19.2. The fraction of sp³-hybridized carbons (Fsp3) is 0.773. The van der Waals surface area contributed by atoms with E-state index in [-0.39, 0.29) is 22.2 Å². The third-order valence-electron chi connectivity index (χ3n) is 7.62. The number of alkyl halides is 1. The van der Waals surface area contributed by atoms with Crippen molar-refractivity contribution in [1.29, 1.82) is 0 Å². The Hall–Kier alpha value is -0.570. The van der Waals surface area contributed by atoms with Crippen LogP contribution in [0.4, 0.5) is 0 Å². The highest BCUT2D eigenvalue weighted by atomic mass is 79.9. The average Bonchev–Trinajstić information content (AvgIpc) is 2.59. The lowest BCUT2D eigenvalue weighted by Gasteiger charge is -2.59. The minimum atomic E-state index is -0.138. The summed E-state index contributed by atoms with van der Waals surface area (Å²) in [5, 5.41) is 0.290. The molecule has 0 bridgehead atoms. The van der Waals surface area contributed by atoms with E-state index in [4.69, 9.17) is 4.74 Å². The Balaban J connectivity index is 1.86. The smallest absolute Gasteiger partial charge is 0.316 e. The third kappa shape index (κ3) is 3.38. The van der Waals surface area contributed by atoms with Crippen LogP contribution >= 0.6 is 15.9 Å². The minimum absolute atomic E-state index is 0.107. The fourth-order valence-corrected chi connectivity index (χ4v) is 6.37. The van der Waals surface area contributed by atoms with Crippen LogP contribution in [-0.2, 0) is 9.53 Å². The Morgan fingerprint density at radius 1 is 1.36 bits per heavy atom. The first-order valence-corrected chi connectivity index (χ1v) is 10.9. The largest absolute Gasteiger partial charge is 0.464 e. The molecule has 0 radical (unpaired) electrons. The Morgan fingerprint density at radius 3 is 2.80 bits per heavy atom. The van der Waals surface area contributed by atoms with Crippen LogP contribution in [0.5, 0.6) is 0 Å². The zero-order valence-electron chi connectivity index (χ0n) is 16.1. The van der Waals surface area contributed by atoms with Gasteiger partial charge in [0.25, 0.3) is 0 Å². The number of ether oxygens (including phenoxy) is 1. The van der Waals surface area contributed by atoms with Gasteiger partial charge < -0.3 is 4.74 Å². The van der Waals surface area contributed by atoms with E-state index in [1.165, 1.54) is 38.5 Å². The molecule has 2 saturated carbocycles. The molecular weight excluding hydrogens is 376 g/mol. The molecule has 140 valence electrons. The van der Waals surface area contributed by atoms with Crippen molar-refractivity contribution in [2.24, 2.45) is 28.1 Å². The number of esters is 1. The molecule has 0 N–H and O–H groups in total. The topological polar surface area (TPSA) is 26.3 Å². The Kier molecular flexibility index (Phi) is 5.27. The summed E-state index contributed by atoms with van der Waals surface area (Å²) in [5.74, 6) is 1.19. The maximum atomic E-state index is 11.7. The molecule has 5 atom stereocenters. The van der Waals surface area contributed by atoms with Crippen molar-refractivity contribution >= 4 is 21.9 Å². The van der Waals surface area contributed by atoms with Gasteiger partial charge in [-0.15, -0.1) is 6.58 Å². The molecule has 3 heteroatoms. The lowest BCUT2D eigenvalue weighted by molar-refractivity contribution is -0.149.